The number of carboxylic acids is 1. The Balaban J connectivity index is 3.74. The van der Waals surface area contributed by atoms with Crippen LogP contribution in [-0.2, 0) is 19.1 Å². The molecule has 0 heterocycles. The van der Waals surface area contributed by atoms with Gasteiger partial charge in [0.05, 0.1) is 6.42 Å². The highest BCUT2D eigenvalue weighted by Gasteiger charge is 2.15. The lowest BCUT2D eigenvalue weighted by Crippen LogP contribution is -2.20. The minimum atomic E-state index is -1.51. The largest absolute Gasteiger partial charge is 0.475 e. The molecule has 5 heteroatoms. The molecule has 1 unspecified atom stereocenters. The maximum Gasteiger partial charge on any atom is 0.372 e. The SMILES string of the molecule is CC(CC(=O)C(=O)O)OC=O. The lowest BCUT2D eigenvalue weighted by molar-refractivity contribution is -0.151. The predicted molar refractivity (Wildman–Crippen MR) is 33.9 cm³/mol. The molecule has 0 fully saturated rings. The van der Waals surface area contributed by atoms with Gasteiger partial charge in [-0.15, -0.1) is 0 Å². The van der Waals surface area contributed by atoms with Gasteiger partial charge in [0, 0.05) is 0 Å². The van der Waals surface area contributed by atoms with Crippen molar-refractivity contribution < 1.29 is 24.2 Å². The molecule has 0 aromatic heterocycles. The van der Waals surface area contributed by atoms with Crippen molar-refractivity contribution in [2.45, 2.75) is 19.4 Å². The summed E-state index contributed by atoms with van der Waals surface area (Å²) >= 11 is 0. The zero-order valence-corrected chi connectivity index (χ0v) is 5.94. The first kappa shape index (κ1) is 9.61. The number of carboxylic acid groups (broad SMARTS) is 1. The third-order valence-electron chi connectivity index (χ3n) is 0.999. The molecule has 0 aliphatic carbocycles. The number of rotatable bonds is 5. The van der Waals surface area contributed by atoms with Crippen LogP contribution >= 0.6 is 0 Å². The maximum atomic E-state index is 10.4. The normalized spacial score (nSPS) is 11.7. The fourth-order valence-corrected chi connectivity index (χ4v) is 0.491. The van der Waals surface area contributed by atoms with Crippen molar-refractivity contribution in [1.82, 2.24) is 0 Å². The van der Waals surface area contributed by atoms with E-state index in [4.69, 9.17) is 5.11 Å². The fraction of sp³-hybridized carbons (Fsp3) is 0.500. The minimum Gasteiger partial charge on any atom is -0.475 e. The van der Waals surface area contributed by atoms with E-state index >= 15 is 0 Å². The molecule has 0 bridgehead atoms. The van der Waals surface area contributed by atoms with Crippen LogP contribution < -0.4 is 0 Å². The summed E-state index contributed by atoms with van der Waals surface area (Å²) in [6.45, 7) is 1.62. The molecular weight excluding hydrogens is 152 g/mol. The van der Waals surface area contributed by atoms with Crippen LogP contribution in [-0.4, -0.2) is 29.4 Å². The molecule has 5 nitrogen and oxygen atoms in total. The molecule has 0 aliphatic heterocycles. The Bertz CT molecular complexity index is 174. The molecule has 0 aliphatic rings. The molecule has 0 saturated carbocycles. The van der Waals surface area contributed by atoms with E-state index in [0.717, 1.165) is 0 Å². The average Bonchev–Trinajstić information content (AvgIpc) is 1.87. The molecule has 0 saturated heterocycles. The van der Waals surface area contributed by atoms with Crippen molar-refractivity contribution in [2.75, 3.05) is 0 Å². The van der Waals surface area contributed by atoms with Gasteiger partial charge in [-0.3, -0.25) is 9.59 Å². The Morgan fingerprint density at radius 3 is 2.55 bits per heavy atom. The zero-order valence-electron chi connectivity index (χ0n) is 5.94. The summed E-state index contributed by atoms with van der Waals surface area (Å²) in [6.07, 6.45) is -0.954. The van der Waals surface area contributed by atoms with E-state index in [1.807, 2.05) is 0 Å². The molecule has 62 valence electrons. The second-order valence-corrected chi connectivity index (χ2v) is 1.98. The van der Waals surface area contributed by atoms with E-state index in [1.54, 1.807) is 0 Å². The van der Waals surface area contributed by atoms with E-state index in [9.17, 15) is 14.4 Å². The molecule has 1 N–H and O–H groups in total. The number of hydrogen-bond donors (Lipinski definition) is 1. The van der Waals surface area contributed by atoms with Crippen molar-refractivity contribution in [3.05, 3.63) is 0 Å². The number of hydrogen-bond acceptors (Lipinski definition) is 4. The molecule has 0 aromatic carbocycles. The lowest BCUT2D eigenvalue weighted by Gasteiger charge is -2.04. The number of ketones is 1. The molecule has 0 amide bonds. The smallest absolute Gasteiger partial charge is 0.372 e. The Hall–Kier alpha value is -1.39. The Labute approximate surface area is 63.0 Å². The number of Topliss-reactive ketones (excluding diaryl/α,β-unsaturated/α-hetero) is 1. The number of carbonyl (C=O) groups excluding carboxylic acids is 2. The number of aliphatic carboxylic acids is 1. The van der Waals surface area contributed by atoms with Crippen LogP contribution in [0.3, 0.4) is 0 Å². The van der Waals surface area contributed by atoms with Gasteiger partial charge in [-0.2, -0.15) is 0 Å². The van der Waals surface area contributed by atoms with Crippen molar-refractivity contribution in [3.63, 3.8) is 0 Å². The standard InChI is InChI=1S/C6H8O5/c1-4(11-3-7)2-5(8)6(9)10/h3-4H,2H2,1H3,(H,9,10). The summed E-state index contributed by atoms with van der Waals surface area (Å²) in [5.41, 5.74) is 0. The first-order valence-corrected chi connectivity index (χ1v) is 2.93. The van der Waals surface area contributed by atoms with Gasteiger partial charge in [0.1, 0.15) is 6.10 Å². The highest BCUT2D eigenvalue weighted by molar-refractivity contribution is 6.32. The summed E-state index contributed by atoms with van der Waals surface area (Å²) in [5.74, 6) is -2.47. The van der Waals surface area contributed by atoms with E-state index in [2.05, 4.69) is 4.74 Å². The summed E-state index contributed by atoms with van der Waals surface area (Å²) in [6, 6.07) is 0. The third kappa shape index (κ3) is 4.07. The first-order valence-electron chi connectivity index (χ1n) is 2.93. The van der Waals surface area contributed by atoms with E-state index in [1.165, 1.54) is 6.92 Å². The van der Waals surface area contributed by atoms with Crippen molar-refractivity contribution in [2.24, 2.45) is 0 Å². The lowest BCUT2D eigenvalue weighted by atomic mass is 10.2. The van der Waals surface area contributed by atoms with Crippen molar-refractivity contribution in [3.8, 4) is 0 Å². The molecule has 0 spiro atoms. The number of ether oxygens (including phenoxy) is 1. The van der Waals surface area contributed by atoms with Crippen molar-refractivity contribution in [1.29, 1.82) is 0 Å². The number of carbonyl (C=O) groups is 3. The van der Waals surface area contributed by atoms with Crippen LogP contribution in [0.5, 0.6) is 0 Å². The summed E-state index contributed by atoms with van der Waals surface area (Å²) < 4.78 is 4.30. The van der Waals surface area contributed by atoms with Gasteiger partial charge >= 0.3 is 5.97 Å². The highest BCUT2D eigenvalue weighted by atomic mass is 16.5. The second kappa shape index (κ2) is 4.43. The summed E-state index contributed by atoms with van der Waals surface area (Å²) in [5, 5.41) is 8.11. The molecule has 0 aromatic rings. The Morgan fingerprint density at radius 1 is 1.64 bits per heavy atom. The second-order valence-electron chi connectivity index (χ2n) is 1.98. The van der Waals surface area contributed by atoms with Gasteiger partial charge in [-0.25, -0.2) is 4.79 Å². The van der Waals surface area contributed by atoms with E-state index in [-0.39, 0.29) is 12.9 Å². The monoisotopic (exact) mass is 160 g/mol. The topological polar surface area (TPSA) is 80.7 Å². The molecule has 0 rings (SSSR count). The third-order valence-corrected chi connectivity index (χ3v) is 0.999. The Morgan fingerprint density at radius 2 is 2.18 bits per heavy atom. The molecule has 1 atom stereocenters. The Kier molecular flexibility index (Phi) is 3.87. The fourth-order valence-electron chi connectivity index (χ4n) is 0.491. The van der Waals surface area contributed by atoms with Crippen LogP contribution in [0.15, 0.2) is 0 Å². The van der Waals surface area contributed by atoms with E-state index in [0.29, 0.717) is 0 Å². The summed E-state index contributed by atoms with van der Waals surface area (Å²) in [7, 11) is 0. The first-order chi connectivity index (χ1) is 5.07. The zero-order chi connectivity index (χ0) is 8.85. The minimum absolute atomic E-state index is 0.180. The maximum absolute atomic E-state index is 10.4. The molecule has 11 heavy (non-hydrogen) atoms. The van der Waals surface area contributed by atoms with Crippen LogP contribution in [0.4, 0.5) is 0 Å². The van der Waals surface area contributed by atoms with Gasteiger partial charge in [0.2, 0.25) is 5.78 Å². The van der Waals surface area contributed by atoms with Crippen molar-refractivity contribution >= 4 is 18.2 Å². The summed E-state index contributed by atoms with van der Waals surface area (Å²) in [4.78, 5) is 30.1. The van der Waals surface area contributed by atoms with Crippen LogP contribution in [0, 0.1) is 0 Å². The highest BCUT2D eigenvalue weighted by Crippen LogP contribution is 1.96. The van der Waals surface area contributed by atoms with Gasteiger partial charge < -0.3 is 9.84 Å². The van der Waals surface area contributed by atoms with Crippen LogP contribution in [0.25, 0.3) is 0 Å². The van der Waals surface area contributed by atoms with Gasteiger partial charge in [0.25, 0.3) is 6.47 Å². The van der Waals surface area contributed by atoms with Crippen LogP contribution in [0.2, 0.25) is 0 Å². The van der Waals surface area contributed by atoms with E-state index < -0.39 is 17.9 Å². The molecular formula is C6H8O5. The van der Waals surface area contributed by atoms with Gasteiger partial charge in [-0.05, 0) is 6.92 Å². The van der Waals surface area contributed by atoms with Gasteiger partial charge in [-0.1, -0.05) is 0 Å². The average molecular weight is 160 g/mol. The quantitative estimate of drug-likeness (QED) is 0.436. The molecule has 0 radical (unpaired) electrons. The van der Waals surface area contributed by atoms with Crippen LogP contribution in [0.1, 0.15) is 13.3 Å². The predicted octanol–water partition coefficient (Wildman–Crippen LogP) is -0.408. The van der Waals surface area contributed by atoms with Gasteiger partial charge in [0.15, 0.2) is 0 Å².